The average Bonchev–Trinajstić information content (AvgIpc) is 3.31. The molecular formula is C20H24N6O2. The molecule has 2 atom stereocenters. The smallest absolute Gasteiger partial charge is 0.238 e. The maximum Gasteiger partial charge on any atom is 0.238 e. The number of imidazole rings is 1. The third kappa shape index (κ3) is 4.13. The molecule has 1 aliphatic rings. The van der Waals surface area contributed by atoms with E-state index in [0.29, 0.717) is 25.3 Å². The summed E-state index contributed by atoms with van der Waals surface area (Å²) in [7, 11) is 0. The lowest BCUT2D eigenvalue weighted by atomic mass is 10.1. The normalized spacial score (nSPS) is 19.0. The zero-order chi connectivity index (χ0) is 19.3. The van der Waals surface area contributed by atoms with Gasteiger partial charge in [0, 0.05) is 18.8 Å². The first-order chi connectivity index (χ1) is 13.7. The van der Waals surface area contributed by atoms with Crippen LogP contribution in [0.5, 0.6) is 5.75 Å². The van der Waals surface area contributed by atoms with Gasteiger partial charge in [0.05, 0.1) is 23.8 Å². The molecule has 1 amide bonds. The Morgan fingerprint density at radius 3 is 3.04 bits per heavy atom. The van der Waals surface area contributed by atoms with Gasteiger partial charge in [0.25, 0.3) is 0 Å². The van der Waals surface area contributed by atoms with Gasteiger partial charge < -0.3 is 14.6 Å². The minimum atomic E-state index is -0.265. The number of pyridine rings is 1. The number of aromatic nitrogens is 3. The molecule has 8 heteroatoms. The van der Waals surface area contributed by atoms with Crippen molar-refractivity contribution in [3.8, 4) is 5.75 Å². The van der Waals surface area contributed by atoms with Crippen molar-refractivity contribution >= 4 is 16.9 Å². The summed E-state index contributed by atoms with van der Waals surface area (Å²) in [5.41, 5.74) is 8.44. The first-order valence-corrected chi connectivity index (χ1v) is 9.44. The number of nitrogens with zero attached hydrogens (tertiary/aromatic N) is 3. The Labute approximate surface area is 163 Å². The monoisotopic (exact) mass is 380 g/mol. The van der Waals surface area contributed by atoms with Crippen molar-refractivity contribution < 1.29 is 9.53 Å². The van der Waals surface area contributed by atoms with Crippen molar-refractivity contribution in [3.05, 3.63) is 54.6 Å². The van der Waals surface area contributed by atoms with Gasteiger partial charge in [-0.3, -0.25) is 15.2 Å². The van der Waals surface area contributed by atoms with E-state index in [4.69, 9.17) is 4.74 Å². The highest BCUT2D eigenvalue weighted by Gasteiger charge is 2.29. The predicted molar refractivity (Wildman–Crippen MR) is 106 cm³/mol. The van der Waals surface area contributed by atoms with Gasteiger partial charge >= 0.3 is 0 Å². The number of para-hydroxylation sites is 2. The molecule has 28 heavy (non-hydrogen) atoms. The molecule has 1 fully saturated rings. The maximum absolute atomic E-state index is 12.4. The molecule has 0 radical (unpaired) electrons. The van der Waals surface area contributed by atoms with Crippen LogP contribution in [0.1, 0.15) is 12.2 Å². The van der Waals surface area contributed by atoms with Crippen LogP contribution in [0.3, 0.4) is 0 Å². The van der Waals surface area contributed by atoms with Gasteiger partial charge in [0.1, 0.15) is 24.2 Å². The van der Waals surface area contributed by atoms with Gasteiger partial charge in [-0.2, -0.15) is 0 Å². The number of carbonyl (C=O) groups excluding carboxylic acids is 1. The molecule has 2 aromatic heterocycles. The third-order valence-corrected chi connectivity index (χ3v) is 4.85. The average molecular weight is 380 g/mol. The topological polar surface area (TPSA) is 93.1 Å². The fourth-order valence-electron chi connectivity index (χ4n) is 3.46. The van der Waals surface area contributed by atoms with Crippen molar-refractivity contribution in [1.29, 1.82) is 0 Å². The third-order valence-electron chi connectivity index (χ3n) is 4.85. The second kappa shape index (κ2) is 8.37. The van der Waals surface area contributed by atoms with Gasteiger partial charge in [0.2, 0.25) is 5.91 Å². The molecule has 2 unspecified atom stereocenters. The lowest BCUT2D eigenvalue weighted by molar-refractivity contribution is -0.123. The Bertz CT molecular complexity index is 942. The number of hydrogen-bond donors (Lipinski definition) is 3. The summed E-state index contributed by atoms with van der Waals surface area (Å²) in [6.07, 6.45) is 4.05. The zero-order valence-electron chi connectivity index (χ0n) is 15.8. The minimum absolute atomic E-state index is 0.0306. The number of rotatable bonds is 7. The molecule has 8 nitrogen and oxygen atoms in total. The van der Waals surface area contributed by atoms with Crippen molar-refractivity contribution in [2.75, 3.05) is 13.2 Å². The molecule has 3 aromatic rings. The number of hydrogen-bond acceptors (Lipinski definition) is 6. The molecule has 0 spiro atoms. The maximum atomic E-state index is 12.4. The first-order valence-electron chi connectivity index (χ1n) is 9.44. The summed E-state index contributed by atoms with van der Waals surface area (Å²) in [4.78, 5) is 21.0. The van der Waals surface area contributed by atoms with Crippen LogP contribution in [0.4, 0.5) is 0 Å². The highest BCUT2D eigenvalue weighted by Crippen LogP contribution is 2.18. The van der Waals surface area contributed by atoms with Crippen LogP contribution in [-0.2, 0) is 11.3 Å². The molecule has 0 bridgehead atoms. The molecule has 1 saturated heterocycles. The Morgan fingerprint density at radius 2 is 2.18 bits per heavy atom. The van der Waals surface area contributed by atoms with Gasteiger partial charge in [-0.15, -0.1) is 0 Å². The summed E-state index contributed by atoms with van der Waals surface area (Å²) in [5, 5.41) is 2.91. The quantitative estimate of drug-likeness (QED) is 0.533. The van der Waals surface area contributed by atoms with Crippen molar-refractivity contribution in [2.45, 2.75) is 32.0 Å². The standard InChI is InChI=1S/C20H24N6O2/c1-14-23-17-6-2-3-7-19(17)26(14)13-15-11-18(25-24-15)20(27)22-9-10-28-16-5-4-8-21-12-16/h2-8,12,15,18,24-25H,9-11,13H2,1H3,(H,22,27). The molecule has 0 saturated carbocycles. The molecule has 146 valence electrons. The van der Waals surface area contributed by atoms with Gasteiger partial charge in [-0.05, 0) is 37.6 Å². The summed E-state index contributed by atoms with van der Waals surface area (Å²) in [5.74, 6) is 1.64. The van der Waals surface area contributed by atoms with Crippen molar-refractivity contribution in [2.24, 2.45) is 0 Å². The van der Waals surface area contributed by atoms with Crippen LogP contribution in [0.25, 0.3) is 11.0 Å². The fraction of sp³-hybridized carbons (Fsp3) is 0.350. The van der Waals surface area contributed by atoms with Crippen molar-refractivity contribution in [1.82, 2.24) is 30.7 Å². The van der Waals surface area contributed by atoms with Crippen LogP contribution >= 0.6 is 0 Å². The van der Waals surface area contributed by atoms with E-state index in [2.05, 4.69) is 36.8 Å². The van der Waals surface area contributed by atoms with E-state index in [1.54, 1.807) is 12.4 Å². The van der Waals surface area contributed by atoms with Crippen LogP contribution < -0.4 is 20.9 Å². The fourth-order valence-corrected chi connectivity index (χ4v) is 3.46. The second-order valence-corrected chi connectivity index (χ2v) is 6.86. The van der Waals surface area contributed by atoms with E-state index in [1.165, 1.54) is 0 Å². The first kappa shape index (κ1) is 18.4. The van der Waals surface area contributed by atoms with Gasteiger partial charge in [-0.1, -0.05) is 12.1 Å². The van der Waals surface area contributed by atoms with E-state index in [1.807, 2.05) is 37.3 Å². The number of carbonyl (C=O) groups is 1. The number of ether oxygens (including phenoxy) is 1. The lowest BCUT2D eigenvalue weighted by Crippen LogP contribution is -2.44. The number of amides is 1. The Kier molecular flexibility index (Phi) is 5.50. The van der Waals surface area contributed by atoms with E-state index in [0.717, 1.165) is 23.4 Å². The summed E-state index contributed by atoms with van der Waals surface area (Å²) in [6.45, 7) is 3.62. The minimum Gasteiger partial charge on any atom is -0.490 e. The Morgan fingerprint density at radius 1 is 1.29 bits per heavy atom. The SMILES string of the molecule is Cc1nc2ccccc2n1CC1CC(C(=O)NCCOc2cccnc2)NN1. The highest BCUT2D eigenvalue weighted by atomic mass is 16.5. The molecule has 1 aromatic carbocycles. The number of nitrogens with one attached hydrogen (secondary N) is 3. The predicted octanol–water partition coefficient (Wildman–Crippen LogP) is 1.17. The summed E-state index contributed by atoms with van der Waals surface area (Å²) >= 11 is 0. The molecule has 0 aliphatic carbocycles. The van der Waals surface area contributed by atoms with Crippen LogP contribution in [0.2, 0.25) is 0 Å². The molecule has 4 rings (SSSR count). The van der Waals surface area contributed by atoms with Crippen LogP contribution in [0.15, 0.2) is 48.8 Å². The number of aryl methyl sites for hydroxylation is 1. The van der Waals surface area contributed by atoms with E-state index in [-0.39, 0.29) is 18.0 Å². The number of benzene rings is 1. The molecule has 1 aliphatic heterocycles. The second-order valence-electron chi connectivity index (χ2n) is 6.86. The van der Waals surface area contributed by atoms with E-state index >= 15 is 0 Å². The largest absolute Gasteiger partial charge is 0.490 e. The molecule has 3 N–H and O–H groups in total. The summed E-state index contributed by atoms with van der Waals surface area (Å²) in [6, 6.07) is 11.6. The van der Waals surface area contributed by atoms with Crippen LogP contribution in [0, 0.1) is 6.92 Å². The van der Waals surface area contributed by atoms with Gasteiger partial charge in [-0.25, -0.2) is 10.4 Å². The Balaban J connectivity index is 1.25. The Hall–Kier alpha value is -2.97. The van der Waals surface area contributed by atoms with Crippen LogP contribution in [-0.4, -0.2) is 45.7 Å². The molecule has 3 heterocycles. The van der Waals surface area contributed by atoms with Gasteiger partial charge in [0.15, 0.2) is 0 Å². The summed E-state index contributed by atoms with van der Waals surface area (Å²) < 4.78 is 7.73. The zero-order valence-corrected chi connectivity index (χ0v) is 15.8. The number of fused-ring (bicyclic) bond motifs is 1. The van der Waals surface area contributed by atoms with E-state index < -0.39 is 0 Å². The molecular weight excluding hydrogens is 356 g/mol. The van der Waals surface area contributed by atoms with E-state index in [9.17, 15) is 4.79 Å². The highest BCUT2D eigenvalue weighted by molar-refractivity contribution is 5.82. The lowest BCUT2D eigenvalue weighted by Gasteiger charge is -2.13. The van der Waals surface area contributed by atoms with Crippen molar-refractivity contribution in [3.63, 3.8) is 0 Å². The number of hydrazine groups is 1.